The number of amides is 1. The normalized spacial score (nSPS) is 10.2. The lowest BCUT2D eigenvalue weighted by atomic mass is 10.2. The number of anilines is 2. The Kier molecular flexibility index (Phi) is 5.05. The van der Waals surface area contributed by atoms with Gasteiger partial charge in [0.2, 0.25) is 0 Å². The quantitative estimate of drug-likeness (QED) is 0.861. The summed E-state index contributed by atoms with van der Waals surface area (Å²) in [7, 11) is 0. The molecule has 1 aromatic carbocycles. The van der Waals surface area contributed by atoms with Gasteiger partial charge in [-0.05, 0) is 37.6 Å². The van der Waals surface area contributed by atoms with Gasteiger partial charge in [0, 0.05) is 16.6 Å². The fourth-order valence-corrected chi connectivity index (χ4v) is 2.48. The predicted octanol–water partition coefficient (Wildman–Crippen LogP) is 2.77. The number of carbonyl (C=O) groups excluding carboxylic acids is 2. The SMILES string of the molecule is CCc1csc(Nc2ccc(C(=O)NCC(C)=O)cc2)n1. The van der Waals surface area contributed by atoms with Crippen molar-refractivity contribution in [2.45, 2.75) is 20.3 Å². The smallest absolute Gasteiger partial charge is 0.251 e. The van der Waals surface area contributed by atoms with E-state index in [4.69, 9.17) is 0 Å². The van der Waals surface area contributed by atoms with E-state index in [-0.39, 0.29) is 18.2 Å². The molecule has 110 valence electrons. The highest BCUT2D eigenvalue weighted by molar-refractivity contribution is 7.13. The second-order valence-electron chi connectivity index (χ2n) is 4.58. The molecule has 21 heavy (non-hydrogen) atoms. The first-order chi connectivity index (χ1) is 10.1. The van der Waals surface area contributed by atoms with Gasteiger partial charge in [0.05, 0.1) is 12.2 Å². The van der Waals surface area contributed by atoms with E-state index < -0.39 is 0 Å². The topological polar surface area (TPSA) is 71.1 Å². The van der Waals surface area contributed by atoms with Crippen LogP contribution in [0.2, 0.25) is 0 Å². The van der Waals surface area contributed by atoms with E-state index in [1.807, 2.05) is 17.5 Å². The molecule has 6 heteroatoms. The van der Waals surface area contributed by atoms with Crippen LogP contribution in [0.25, 0.3) is 0 Å². The van der Waals surface area contributed by atoms with Gasteiger partial charge >= 0.3 is 0 Å². The van der Waals surface area contributed by atoms with Gasteiger partial charge in [-0.2, -0.15) is 0 Å². The highest BCUT2D eigenvalue weighted by Crippen LogP contribution is 2.21. The van der Waals surface area contributed by atoms with E-state index in [9.17, 15) is 9.59 Å². The third-order valence-electron chi connectivity index (χ3n) is 2.81. The van der Waals surface area contributed by atoms with E-state index in [0.29, 0.717) is 5.56 Å². The summed E-state index contributed by atoms with van der Waals surface area (Å²) in [6, 6.07) is 7.06. The summed E-state index contributed by atoms with van der Waals surface area (Å²) in [5.74, 6) is -0.323. The number of nitrogens with zero attached hydrogens (tertiary/aromatic N) is 1. The first kappa shape index (κ1) is 15.2. The molecule has 0 saturated carbocycles. The van der Waals surface area contributed by atoms with Crippen LogP contribution < -0.4 is 10.6 Å². The molecule has 2 aromatic rings. The Bertz CT molecular complexity index is 635. The summed E-state index contributed by atoms with van der Waals surface area (Å²) in [5.41, 5.74) is 2.45. The second kappa shape index (κ2) is 6.99. The maximum Gasteiger partial charge on any atom is 0.251 e. The summed E-state index contributed by atoms with van der Waals surface area (Å²) in [6.07, 6.45) is 0.910. The fraction of sp³-hybridized carbons (Fsp3) is 0.267. The Hall–Kier alpha value is -2.21. The minimum Gasteiger partial charge on any atom is -0.345 e. The van der Waals surface area contributed by atoms with Gasteiger partial charge in [-0.25, -0.2) is 4.98 Å². The lowest BCUT2D eigenvalue weighted by Gasteiger charge is -2.05. The molecule has 2 N–H and O–H groups in total. The average molecular weight is 303 g/mol. The Morgan fingerprint density at radius 2 is 1.95 bits per heavy atom. The number of hydrogen-bond acceptors (Lipinski definition) is 5. The summed E-state index contributed by atoms with van der Waals surface area (Å²) in [5, 5.41) is 8.61. The average Bonchev–Trinajstić information content (AvgIpc) is 2.93. The molecule has 0 unspecified atom stereocenters. The molecule has 0 bridgehead atoms. The van der Waals surface area contributed by atoms with E-state index in [2.05, 4.69) is 22.5 Å². The fourth-order valence-electron chi connectivity index (χ4n) is 1.66. The number of rotatable bonds is 6. The molecule has 0 saturated heterocycles. The molecule has 1 heterocycles. The second-order valence-corrected chi connectivity index (χ2v) is 5.44. The Labute approximate surface area is 127 Å². The molecule has 1 aromatic heterocycles. The lowest BCUT2D eigenvalue weighted by Crippen LogP contribution is -2.28. The molecule has 0 fully saturated rings. The van der Waals surface area contributed by atoms with Crippen LogP contribution in [0.3, 0.4) is 0 Å². The van der Waals surface area contributed by atoms with Gasteiger partial charge in [0.25, 0.3) is 5.91 Å². The molecule has 0 aliphatic carbocycles. The van der Waals surface area contributed by atoms with E-state index in [0.717, 1.165) is 22.9 Å². The molecular weight excluding hydrogens is 286 g/mol. The molecule has 0 spiro atoms. The minimum atomic E-state index is -0.251. The molecule has 0 aliphatic heterocycles. The zero-order valence-corrected chi connectivity index (χ0v) is 12.8. The number of hydrogen-bond donors (Lipinski definition) is 2. The number of aryl methyl sites for hydroxylation is 1. The van der Waals surface area contributed by atoms with Crippen molar-refractivity contribution in [3.63, 3.8) is 0 Å². The predicted molar refractivity (Wildman–Crippen MR) is 84.2 cm³/mol. The molecule has 0 atom stereocenters. The Morgan fingerprint density at radius 3 is 2.52 bits per heavy atom. The van der Waals surface area contributed by atoms with Crippen LogP contribution >= 0.6 is 11.3 Å². The van der Waals surface area contributed by atoms with Gasteiger partial charge < -0.3 is 10.6 Å². The Morgan fingerprint density at radius 1 is 1.24 bits per heavy atom. The van der Waals surface area contributed by atoms with Gasteiger partial charge in [-0.15, -0.1) is 11.3 Å². The first-order valence-electron chi connectivity index (χ1n) is 6.67. The lowest BCUT2D eigenvalue weighted by molar-refractivity contribution is -0.116. The molecule has 0 radical (unpaired) electrons. The van der Waals surface area contributed by atoms with Crippen molar-refractivity contribution in [2.24, 2.45) is 0 Å². The van der Waals surface area contributed by atoms with Crippen LogP contribution in [0.1, 0.15) is 29.9 Å². The minimum absolute atomic E-state index is 0.0533. The van der Waals surface area contributed by atoms with Crippen LogP contribution in [0.4, 0.5) is 10.8 Å². The maximum atomic E-state index is 11.8. The van der Waals surface area contributed by atoms with Crippen LogP contribution in [0.5, 0.6) is 0 Å². The van der Waals surface area contributed by atoms with Crippen LogP contribution in [0.15, 0.2) is 29.6 Å². The van der Waals surface area contributed by atoms with Crippen molar-refractivity contribution >= 4 is 33.8 Å². The van der Waals surface area contributed by atoms with Crippen molar-refractivity contribution in [1.29, 1.82) is 0 Å². The van der Waals surface area contributed by atoms with Crippen LogP contribution in [-0.4, -0.2) is 23.2 Å². The molecule has 2 rings (SSSR count). The number of benzene rings is 1. The number of Topliss-reactive ketones (excluding diaryl/α,β-unsaturated/α-hetero) is 1. The summed E-state index contributed by atoms with van der Waals surface area (Å²) < 4.78 is 0. The number of carbonyl (C=O) groups is 2. The van der Waals surface area contributed by atoms with Gasteiger partial charge in [-0.1, -0.05) is 6.92 Å². The van der Waals surface area contributed by atoms with Gasteiger partial charge in [0.1, 0.15) is 5.78 Å². The highest BCUT2D eigenvalue weighted by Gasteiger charge is 2.06. The van der Waals surface area contributed by atoms with Crippen LogP contribution in [0, 0.1) is 0 Å². The molecule has 0 aliphatic rings. The zero-order valence-electron chi connectivity index (χ0n) is 12.0. The summed E-state index contributed by atoms with van der Waals surface area (Å²) >= 11 is 1.55. The van der Waals surface area contributed by atoms with Crippen LogP contribution in [-0.2, 0) is 11.2 Å². The molecule has 5 nitrogen and oxygen atoms in total. The third-order valence-corrected chi connectivity index (χ3v) is 3.62. The number of aromatic nitrogens is 1. The van der Waals surface area contributed by atoms with Crippen molar-refractivity contribution in [3.05, 3.63) is 40.9 Å². The number of ketones is 1. The van der Waals surface area contributed by atoms with Crippen molar-refractivity contribution in [2.75, 3.05) is 11.9 Å². The van der Waals surface area contributed by atoms with Gasteiger partial charge in [-0.3, -0.25) is 9.59 Å². The largest absolute Gasteiger partial charge is 0.345 e. The molecular formula is C15H17N3O2S. The summed E-state index contributed by atoms with van der Waals surface area (Å²) in [4.78, 5) is 27.0. The van der Waals surface area contributed by atoms with Crippen molar-refractivity contribution in [3.8, 4) is 0 Å². The monoisotopic (exact) mass is 303 g/mol. The maximum absolute atomic E-state index is 11.8. The van der Waals surface area contributed by atoms with E-state index >= 15 is 0 Å². The van der Waals surface area contributed by atoms with E-state index in [1.165, 1.54) is 6.92 Å². The number of thiazole rings is 1. The standard InChI is InChI=1S/C15H17N3O2S/c1-3-12-9-21-15(17-12)18-13-6-4-11(5-7-13)14(20)16-8-10(2)19/h4-7,9H,3,8H2,1-2H3,(H,16,20)(H,17,18). The van der Waals surface area contributed by atoms with E-state index in [1.54, 1.807) is 23.5 Å². The Balaban J connectivity index is 1.98. The van der Waals surface area contributed by atoms with Gasteiger partial charge in [0.15, 0.2) is 5.13 Å². The van der Waals surface area contributed by atoms with Crippen molar-refractivity contribution in [1.82, 2.24) is 10.3 Å². The zero-order chi connectivity index (χ0) is 15.2. The number of nitrogens with one attached hydrogen (secondary N) is 2. The van der Waals surface area contributed by atoms with Crippen molar-refractivity contribution < 1.29 is 9.59 Å². The highest BCUT2D eigenvalue weighted by atomic mass is 32.1. The first-order valence-corrected chi connectivity index (χ1v) is 7.55. The third kappa shape index (κ3) is 4.39. The summed E-state index contributed by atoms with van der Waals surface area (Å²) in [6.45, 7) is 3.55. The molecule has 1 amide bonds.